The second-order valence-corrected chi connectivity index (χ2v) is 5.46. The first-order valence-corrected chi connectivity index (χ1v) is 7.82. The number of fused-ring (bicyclic) bond motifs is 1. The fourth-order valence-corrected chi connectivity index (χ4v) is 2.48. The molecule has 0 radical (unpaired) electrons. The molecule has 0 bridgehead atoms. The van der Waals surface area contributed by atoms with E-state index in [-0.39, 0.29) is 12.7 Å². The summed E-state index contributed by atoms with van der Waals surface area (Å²) in [4.78, 5) is 12.4. The fraction of sp³-hybridized carbons (Fsp3) is 0.0500. The van der Waals surface area contributed by atoms with Crippen LogP contribution in [-0.4, -0.2) is 12.7 Å². The Morgan fingerprint density at radius 3 is 2.36 bits per heavy atom. The number of anilines is 1. The second-order valence-electron chi connectivity index (χ2n) is 5.46. The minimum atomic E-state index is -0.204. The van der Waals surface area contributed by atoms with E-state index in [1.807, 2.05) is 30.3 Å². The molecule has 0 spiro atoms. The predicted molar refractivity (Wildman–Crippen MR) is 93.5 cm³/mol. The maximum absolute atomic E-state index is 12.4. The maximum atomic E-state index is 12.4. The zero-order chi connectivity index (χ0) is 17.1. The molecule has 124 valence electrons. The van der Waals surface area contributed by atoms with E-state index in [4.69, 9.17) is 14.2 Å². The van der Waals surface area contributed by atoms with Crippen LogP contribution in [0.3, 0.4) is 0 Å². The van der Waals surface area contributed by atoms with E-state index in [1.165, 1.54) is 0 Å². The first-order valence-electron chi connectivity index (χ1n) is 7.82. The Bertz CT molecular complexity index is 891. The van der Waals surface area contributed by atoms with Gasteiger partial charge in [0.15, 0.2) is 11.5 Å². The molecule has 3 aromatic rings. The standard InChI is InChI=1S/C20H15NO4/c22-20(21-15-8-11-18-19(12-15)24-13-23-18)14-6-9-17(10-7-14)25-16-4-2-1-3-5-16/h1-12H,13H2,(H,21,22). The van der Waals surface area contributed by atoms with E-state index in [2.05, 4.69) is 5.32 Å². The number of para-hydroxylation sites is 1. The van der Waals surface area contributed by atoms with Crippen molar-refractivity contribution in [2.45, 2.75) is 0 Å². The van der Waals surface area contributed by atoms with Crippen molar-refractivity contribution in [2.75, 3.05) is 12.1 Å². The highest BCUT2D eigenvalue weighted by Crippen LogP contribution is 2.34. The molecule has 4 rings (SSSR count). The van der Waals surface area contributed by atoms with E-state index in [0.717, 1.165) is 5.75 Å². The zero-order valence-electron chi connectivity index (χ0n) is 13.3. The molecule has 1 aliphatic rings. The number of hydrogen-bond acceptors (Lipinski definition) is 4. The van der Waals surface area contributed by atoms with Crippen molar-refractivity contribution >= 4 is 11.6 Å². The van der Waals surface area contributed by atoms with Crippen molar-refractivity contribution in [1.29, 1.82) is 0 Å². The van der Waals surface area contributed by atoms with Gasteiger partial charge in [0.25, 0.3) is 5.91 Å². The summed E-state index contributed by atoms with van der Waals surface area (Å²) in [5.74, 6) is 2.53. The number of carbonyl (C=O) groups excluding carboxylic acids is 1. The van der Waals surface area contributed by atoms with Crippen LogP contribution in [0.5, 0.6) is 23.0 Å². The minimum Gasteiger partial charge on any atom is -0.457 e. The average Bonchev–Trinajstić information content (AvgIpc) is 3.11. The number of hydrogen-bond donors (Lipinski definition) is 1. The lowest BCUT2D eigenvalue weighted by molar-refractivity contribution is 0.102. The fourth-order valence-electron chi connectivity index (χ4n) is 2.48. The van der Waals surface area contributed by atoms with Gasteiger partial charge in [-0.15, -0.1) is 0 Å². The van der Waals surface area contributed by atoms with Crippen molar-refractivity contribution in [2.24, 2.45) is 0 Å². The smallest absolute Gasteiger partial charge is 0.255 e. The van der Waals surface area contributed by atoms with Crippen LogP contribution in [0.15, 0.2) is 72.8 Å². The van der Waals surface area contributed by atoms with Gasteiger partial charge in [0.1, 0.15) is 11.5 Å². The van der Waals surface area contributed by atoms with Crippen LogP contribution >= 0.6 is 0 Å². The molecule has 0 unspecified atom stereocenters. The third-order valence-electron chi connectivity index (χ3n) is 3.73. The number of carbonyl (C=O) groups is 1. The molecule has 0 saturated carbocycles. The largest absolute Gasteiger partial charge is 0.457 e. The molecule has 1 aliphatic heterocycles. The summed E-state index contributed by atoms with van der Waals surface area (Å²) in [7, 11) is 0. The third-order valence-corrected chi connectivity index (χ3v) is 3.73. The highest BCUT2D eigenvalue weighted by molar-refractivity contribution is 6.04. The van der Waals surface area contributed by atoms with Gasteiger partial charge in [0, 0.05) is 17.3 Å². The molecule has 0 aliphatic carbocycles. The van der Waals surface area contributed by atoms with Gasteiger partial charge in [-0.25, -0.2) is 0 Å². The number of amides is 1. The Morgan fingerprint density at radius 2 is 1.56 bits per heavy atom. The van der Waals surface area contributed by atoms with E-state index in [1.54, 1.807) is 42.5 Å². The Balaban J connectivity index is 1.44. The van der Waals surface area contributed by atoms with Gasteiger partial charge >= 0.3 is 0 Å². The molecule has 0 atom stereocenters. The van der Waals surface area contributed by atoms with Gasteiger partial charge in [-0.1, -0.05) is 18.2 Å². The number of nitrogens with one attached hydrogen (secondary N) is 1. The summed E-state index contributed by atoms with van der Waals surface area (Å²) in [5.41, 5.74) is 1.19. The lowest BCUT2D eigenvalue weighted by Crippen LogP contribution is -2.11. The molecule has 1 amide bonds. The topological polar surface area (TPSA) is 56.8 Å². The van der Waals surface area contributed by atoms with Crippen LogP contribution < -0.4 is 19.5 Å². The van der Waals surface area contributed by atoms with Crippen molar-refractivity contribution in [3.8, 4) is 23.0 Å². The van der Waals surface area contributed by atoms with Crippen LogP contribution in [0.2, 0.25) is 0 Å². The molecule has 1 heterocycles. The van der Waals surface area contributed by atoms with Gasteiger partial charge in [-0.2, -0.15) is 0 Å². The van der Waals surface area contributed by atoms with Crippen molar-refractivity contribution in [3.05, 3.63) is 78.4 Å². The highest BCUT2D eigenvalue weighted by Gasteiger charge is 2.14. The summed E-state index contributed by atoms with van der Waals surface area (Å²) in [6.45, 7) is 0.204. The molecule has 0 fully saturated rings. The van der Waals surface area contributed by atoms with Gasteiger partial charge in [0.2, 0.25) is 6.79 Å². The molecule has 0 aromatic heterocycles. The second kappa shape index (κ2) is 6.57. The lowest BCUT2D eigenvalue weighted by Gasteiger charge is -2.08. The molecule has 5 nitrogen and oxygen atoms in total. The first kappa shape index (κ1) is 15.1. The normalized spacial score (nSPS) is 11.8. The summed E-state index contributed by atoms with van der Waals surface area (Å²) >= 11 is 0. The van der Waals surface area contributed by atoms with Crippen LogP contribution in [-0.2, 0) is 0 Å². The summed E-state index contributed by atoms with van der Waals surface area (Å²) in [6, 6.07) is 21.8. The SMILES string of the molecule is O=C(Nc1ccc2c(c1)OCO2)c1ccc(Oc2ccccc2)cc1. The van der Waals surface area contributed by atoms with E-state index in [9.17, 15) is 4.79 Å². The van der Waals surface area contributed by atoms with Crippen molar-refractivity contribution < 1.29 is 19.0 Å². The van der Waals surface area contributed by atoms with E-state index >= 15 is 0 Å². The monoisotopic (exact) mass is 333 g/mol. The average molecular weight is 333 g/mol. The van der Waals surface area contributed by atoms with Crippen LogP contribution in [0.25, 0.3) is 0 Å². The van der Waals surface area contributed by atoms with E-state index in [0.29, 0.717) is 28.5 Å². The highest BCUT2D eigenvalue weighted by atomic mass is 16.7. The Hall–Kier alpha value is -3.47. The summed E-state index contributed by atoms with van der Waals surface area (Å²) < 4.78 is 16.3. The zero-order valence-corrected chi connectivity index (χ0v) is 13.3. The van der Waals surface area contributed by atoms with Crippen molar-refractivity contribution in [3.63, 3.8) is 0 Å². The quantitative estimate of drug-likeness (QED) is 0.766. The maximum Gasteiger partial charge on any atom is 0.255 e. The van der Waals surface area contributed by atoms with Crippen molar-refractivity contribution in [1.82, 2.24) is 0 Å². The molecule has 25 heavy (non-hydrogen) atoms. The van der Waals surface area contributed by atoms with Gasteiger partial charge in [-0.05, 0) is 48.5 Å². The van der Waals surface area contributed by atoms with Crippen LogP contribution in [0.4, 0.5) is 5.69 Å². The molecular weight excluding hydrogens is 318 g/mol. The number of benzene rings is 3. The predicted octanol–water partition coefficient (Wildman–Crippen LogP) is 4.46. The molecule has 0 saturated heterocycles. The minimum absolute atomic E-state index is 0.204. The Labute approximate surface area is 144 Å². The van der Waals surface area contributed by atoms with E-state index < -0.39 is 0 Å². The first-order chi connectivity index (χ1) is 12.3. The van der Waals surface area contributed by atoms with Gasteiger partial charge in [-0.3, -0.25) is 4.79 Å². The van der Waals surface area contributed by atoms with Gasteiger partial charge in [0.05, 0.1) is 0 Å². The summed E-state index contributed by atoms with van der Waals surface area (Å²) in [5, 5.41) is 2.84. The van der Waals surface area contributed by atoms with Crippen LogP contribution in [0, 0.1) is 0 Å². The molecule has 1 N–H and O–H groups in total. The lowest BCUT2D eigenvalue weighted by atomic mass is 10.2. The Morgan fingerprint density at radius 1 is 0.840 bits per heavy atom. The number of ether oxygens (including phenoxy) is 3. The number of rotatable bonds is 4. The molecule has 5 heteroatoms. The third kappa shape index (κ3) is 3.40. The molecular formula is C20H15NO4. The van der Waals surface area contributed by atoms with Gasteiger partial charge < -0.3 is 19.5 Å². The molecule has 3 aromatic carbocycles. The summed E-state index contributed by atoms with van der Waals surface area (Å²) in [6.07, 6.45) is 0. The van der Waals surface area contributed by atoms with Crippen LogP contribution in [0.1, 0.15) is 10.4 Å². The Kier molecular flexibility index (Phi) is 3.96.